The van der Waals surface area contributed by atoms with E-state index in [2.05, 4.69) is 5.32 Å². The Morgan fingerprint density at radius 1 is 1.32 bits per heavy atom. The zero-order valence-electron chi connectivity index (χ0n) is 13.8. The molecule has 0 saturated carbocycles. The molecule has 0 aromatic heterocycles. The molecule has 1 heterocycles. The molecule has 0 spiro atoms. The predicted molar refractivity (Wildman–Crippen MR) is 91.8 cm³/mol. The highest BCUT2D eigenvalue weighted by atomic mass is 32.2. The SMILES string of the molecule is CC(C)[C@H](OC(=O)C[C@H]1Sc2ccccc2NC1=O)C(=O)NC(N)=O. The smallest absolute Gasteiger partial charge is 0.318 e. The van der Waals surface area contributed by atoms with Crippen molar-refractivity contribution in [3.63, 3.8) is 0 Å². The summed E-state index contributed by atoms with van der Waals surface area (Å²) >= 11 is 1.26. The van der Waals surface area contributed by atoms with Gasteiger partial charge in [0.1, 0.15) is 0 Å². The molecule has 0 aliphatic carbocycles. The Labute approximate surface area is 148 Å². The monoisotopic (exact) mass is 365 g/mol. The van der Waals surface area contributed by atoms with Crippen LogP contribution in [0.4, 0.5) is 10.5 Å². The first-order valence-corrected chi connectivity index (χ1v) is 8.52. The van der Waals surface area contributed by atoms with Crippen molar-refractivity contribution in [2.24, 2.45) is 11.7 Å². The molecule has 4 amide bonds. The Balaban J connectivity index is 2.00. The van der Waals surface area contributed by atoms with Crippen LogP contribution in [0.3, 0.4) is 0 Å². The van der Waals surface area contributed by atoms with Gasteiger partial charge in [-0.05, 0) is 18.1 Å². The molecule has 0 bridgehead atoms. The average molecular weight is 365 g/mol. The quantitative estimate of drug-likeness (QED) is 0.674. The van der Waals surface area contributed by atoms with Crippen LogP contribution in [0.25, 0.3) is 0 Å². The fourth-order valence-corrected chi connectivity index (χ4v) is 3.35. The summed E-state index contributed by atoms with van der Waals surface area (Å²) < 4.78 is 5.16. The summed E-state index contributed by atoms with van der Waals surface area (Å²) in [6, 6.07) is 6.23. The number of hydrogen-bond donors (Lipinski definition) is 3. The van der Waals surface area contributed by atoms with Gasteiger partial charge in [-0.3, -0.25) is 19.7 Å². The fourth-order valence-electron chi connectivity index (χ4n) is 2.25. The number of esters is 1. The van der Waals surface area contributed by atoms with E-state index >= 15 is 0 Å². The number of benzene rings is 1. The summed E-state index contributed by atoms with van der Waals surface area (Å²) in [5.74, 6) is -2.16. The number of para-hydroxylation sites is 1. The van der Waals surface area contributed by atoms with E-state index in [9.17, 15) is 19.2 Å². The van der Waals surface area contributed by atoms with E-state index < -0.39 is 29.3 Å². The van der Waals surface area contributed by atoms with Crippen LogP contribution in [0.5, 0.6) is 0 Å². The number of hydrogen-bond acceptors (Lipinski definition) is 6. The number of thioether (sulfide) groups is 1. The minimum atomic E-state index is -1.16. The average Bonchev–Trinajstić information content (AvgIpc) is 2.52. The van der Waals surface area contributed by atoms with Gasteiger partial charge in [-0.15, -0.1) is 11.8 Å². The Bertz CT molecular complexity index is 707. The molecule has 1 aliphatic heterocycles. The van der Waals surface area contributed by atoms with Crippen LogP contribution in [0, 0.1) is 5.92 Å². The Morgan fingerprint density at radius 2 is 2.00 bits per heavy atom. The molecule has 2 atom stereocenters. The third-order valence-corrected chi connectivity index (χ3v) is 4.70. The van der Waals surface area contributed by atoms with Gasteiger partial charge in [0.2, 0.25) is 5.91 Å². The van der Waals surface area contributed by atoms with Gasteiger partial charge in [0, 0.05) is 4.90 Å². The molecule has 1 aromatic carbocycles. The fraction of sp³-hybridized carbons (Fsp3) is 0.375. The highest BCUT2D eigenvalue weighted by Gasteiger charge is 2.32. The van der Waals surface area contributed by atoms with Crippen LogP contribution in [-0.4, -0.2) is 35.2 Å². The van der Waals surface area contributed by atoms with Crippen molar-refractivity contribution in [3.05, 3.63) is 24.3 Å². The Kier molecular flexibility index (Phi) is 6.02. The van der Waals surface area contributed by atoms with Crippen molar-refractivity contribution in [3.8, 4) is 0 Å². The molecule has 1 aliphatic rings. The van der Waals surface area contributed by atoms with E-state index in [0.29, 0.717) is 5.69 Å². The van der Waals surface area contributed by atoms with E-state index in [1.807, 2.05) is 17.4 Å². The van der Waals surface area contributed by atoms with Crippen molar-refractivity contribution in [2.45, 2.75) is 36.5 Å². The molecule has 2 rings (SSSR count). The second-order valence-corrected chi connectivity index (χ2v) is 7.05. The summed E-state index contributed by atoms with van der Waals surface area (Å²) in [6.45, 7) is 3.33. The summed E-state index contributed by atoms with van der Waals surface area (Å²) in [5.41, 5.74) is 5.60. The van der Waals surface area contributed by atoms with E-state index in [4.69, 9.17) is 10.5 Å². The first kappa shape index (κ1) is 18.8. The number of amides is 4. The van der Waals surface area contributed by atoms with Crippen molar-refractivity contribution in [1.29, 1.82) is 0 Å². The lowest BCUT2D eigenvalue weighted by Gasteiger charge is -2.25. The van der Waals surface area contributed by atoms with Crippen molar-refractivity contribution in [1.82, 2.24) is 5.32 Å². The topological polar surface area (TPSA) is 128 Å². The number of ether oxygens (including phenoxy) is 1. The molecule has 0 radical (unpaired) electrons. The summed E-state index contributed by atoms with van der Waals surface area (Å²) in [6.07, 6.45) is -1.36. The number of nitrogens with two attached hydrogens (primary N) is 1. The molecular weight excluding hydrogens is 346 g/mol. The molecule has 9 heteroatoms. The normalized spacial score (nSPS) is 17.2. The molecule has 25 heavy (non-hydrogen) atoms. The Morgan fingerprint density at radius 3 is 2.64 bits per heavy atom. The first-order valence-electron chi connectivity index (χ1n) is 7.64. The maximum Gasteiger partial charge on any atom is 0.318 e. The van der Waals surface area contributed by atoms with Gasteiger partial charge in [-0.25, -0.2) is 4.79 Å². The number of nitrogens with one attached hydrogen (secondary N) is 2. The van der Waals surface area contributed by atoms with Crippen LogP contribution in [0.1, 0.15) is 20.3 Å². The maximum absolute atomic E-state index is 12.2. The summed E-state index contributed by atoms with van der Waals surface area (Å²) in [4.78, 5) is 47.8. The molecular formula is C16H19N3O5S. The largest absolute Gasteiger partial charge is 0.452 e. The van der Waals surface area contributed by atoms with Gasteiger partial charge in [0.15, 0.2) is 6.10 Å². The van der Waals surface area contributed by atoms with Gasteiger partial charge in [0.25, 0.3) is 5.91 Å². The molecule has 0 fully saturated rings. The van der Waals surface area contributed by atoms with Gasteiger partial charge in [-0.1, -0.05) is 26.0 Å². The number of fused-ring (bicyclic) bond motifs is 1. The van der Waals surface area contributed by atoms with Crippen LogP contribution in [0.2, 0.25) is 0 Å². The van der Waals surface area contributed by atoms with Crippen molar-refractivity contribution >= 4 is 41.3 Å². The lowest BCUT2D eigenvalue weighted by molar-refractivity contribution is -0.158. The number of anilines is 1. The number of rotatable bonds is 5. The maximum atomic E-state index is 12.2. The highest BCUT2D eigenvalue weighted by Crippen LogP contribution is 2.36. The van der Waals surface area contributed by atoms with E-state index in [0.717, 1.165) is 4.90 Å². The second-order valence-electron chi connectivity index (χ2n) is 5.80. The molecule has 0 unspecified atom stereocenters. The van der Waals surface area contributed by atoms with Crippen molar-refractivity contribution < 1.29 is 23.9 Å². The summed E-state index contributed by atoms with van der Waals surface area (Å²) in [5, 5.41) is 3.97. The van der Waals surface area contributed by atoms with E-state index in [1.54, 1.807) is 26.0 Å². The zero-order chi connectivity index (χ0) is 18.6. The predicted octanol–water partition coefficient (Wildman–Crippen LogP) is 1.25. The molecule has 8 nitrogen and oxygen atoms in total. The van der Waals surface area contributed by atoms with E-state index in [-0.39, 0.29) is 18.2 Å². The highest BCUT2D eigenvalue weighted by molar-refractivity contribution is 8.01. The number of imide groups is 1. The second kappa shape index (κ2) is 8.02. The molecule has 0 saturated heterocycles. The zero-order valence-corrected chi connectivity index (χ0v) is 14.6. The Hall–Kier alpha value is -2.55. The van der Waals surface area contributed by atoms with Crippen molar-refractivity contribution in [2.75, 3.05) is 5.32 Å². The third kappa shape index (κ3) is 4.96. The van der Waals surface area contributed by atoms with Crippen LogP contribution in [0.15, 0.2) is 29.2 Å². The molecule has 4 N–H and O–H groups in total. The number of carbonyl (C=O) groups is 4. The third-order valence-electron chi connectivity index (χ3n) is 3.43. The van der Waals surface area contributed by atoms with E-state index in [1.165, 1.54) is 11.8 Å². The first-order chi connectivity index (χ1) is 11.8. The molecule has 1 aromatic rings. The minimum absolute atomic E-state index is 0.197. The summed E-state index contributed by atoms with van der Waals surface area (Å²) in [7, 11) is 0. The van der Waals surface area contributed by atoms with Crippen LogP contribution >= 0.6 is 11.8 Å². The van der Waals surface area contributed by atoms with Crippen LogP contribution < -0.4 is 16.4 Å². The van der Waals surface area contributed by atoms with Gasteiger partial charge in [-0.2, -0.15) is 0 Å². The lowest BCUT2D eigenvalue weighted by atomic mass is 10.1. The number of primary amides is 1. The van der Waals surface area contributed by atoms with Gasteiger partial charge in [0.05, 0.1) is 17.4 Å². The van der Waals surface area contributed by atoms with Crippen LogP contribution in [-0.2, 0) is 19.1 Å². The number of carbonyl (C=O) groups excluding carboxylic acids is 4. The minimum Gasteiger partial charge on any atom is -0.452 e. The van der Waals surface area contributed by atoms with Gasteiger partial charge < -0.3 is 15.8 Å². The standard InChI is InChI=1S/C16H19N3O5S/c1-8(2)13(15(22)19-16(17)23)24-12(20)7-11-14(21)18-9-5-3-4-6-10(9)25-11/h3-6,8,11,13H,7H2,1-2H3,(H,18,21)(H3,17,19,22,23)/t11-,13+/m1/s1. The number of urea groups is 1. The molecule has 134 valence electrons. The lowest BCUT2D eigenvalue weighted by Crippen LogP contribution is -2.46. The van der Waals surface area contributed by atoms with Gasteiger partial charge >= 0.3 is 12.0 Å².